The highest BCUT2D eigenvalue weighted by Crippen LogP contribution is 2.33. The zero-order valence-electron chi connectivity index (χ0n) is 23.2. The van der Waals surface area contributed by atoms with Crippen molar-refractivity contribution in [3.05, 3.63) is 152 Å². The van der Waals surface area contributed by atoms with E-state index < -0.39 is 0 Å². The molecule has 4 heteroatoms. The summed E-state index contributed by atoms with van der Waals surface area (Å²) in [5, 5.41) is 3.38. The summed E-state index contributed by atoms with van der Waals surface area (Å²) in [5.41, 5.74) is 8.94. The molecule has 0 atom stereocenters. The standard InChI is InChI=1S/C39H25N3O/c1-2-7-26(8-3-1)29-16-17-31-22-32(19-18-30(31)21-29)35-24-36(38-23-33-9-4-5-11-37(33)43-38)42-39(41-35)28-14-12-27(13-15-28)34-10-6-20-40-25-34/h1-25H. The van der Waals surface area contributed by atoms with Gasteiger partial charge in [-0.1, -0.05) is 103 Å². The summed E-state index contributed by atoms with van der Waals surface area (Å²) in [6.07, 6.45) is 3.65. The van der Waals surface area contributed by atoms with Crippen molar-refractivity contribution in [1.82, 2.24) is 15.0 Å². The average Bonchev–Trinajstić information content (AvgIpc) is 3.53. The number of nitrogens with zero attached hydrogens (tertiary/aromatic N) is 3. The van der Waals surface area contributed by atoms with Crippen molar-refractivity contribution in [3.63, 3.8) is 0 Å². The number of hydrogen-bond donors (Lipinski definition) is 0. The molecule has 0 radical (unpaired) electrons. The van der Waals surface area contributed by atoms with Crippen LogP contribution in [0.15, 0.2) is 156 Å². The molecule has 0 saturated heterocycles. The van der Waals surface area contributed by atoms with Crippen LogP contribution in [0.4, 0.5) is 0 Å². The Balaban J connectivity index is 1.23. The summed E-state index contributed by atoms with van der Waals surface area (Å²) in [7, 11) is 0. The Morgan fingerprint density at radius 2 is 1.07 bits per heavy atom. The normalized spacial score (nSPS) is 11.3. The predicted octanol–water partition coefficient (Wildman–Crippen LogP) is 10.1. The van der Waals surface area contributed by atoms with E-state index >= 15 is 0 Å². The van der Waals surface area contributed by atoms with E-state index in [1.54, 1.807) is 6.20 Å². The summed E-state index contributed by atoms with van der Waals surface area (Å²) in [4.78, 5) is 14.3. The van der Waals surface area contributed by atoms with Gasteiger partial charge in [0, 0.05) is 28.9 Å². The summed E-state index contributed by atoms with van der Waals surface area (Å²) >= 11 is 0. The lowest BCUT2D eigenvalue weighted by Crippen LogP contribution is -1.95. The molecule has 0 aliphatic rings. The number of hydrogen-bond acceptors (Lipinski definition) is 4. The third-order valence-electron chi connectivity index (χ3n) is 7.79. The van der Waals surface area contributed by atoms with E-state index in [-0.39, 0.29) is 0 Å². The Labute approximate surface area is 249 Å². The number of furan rings is 1. The molecule has 0 unspecified atom stereocenters. The Bertz CT molecular complexity index is 2190. The second-order valence-electron chi connectivity index (χ2n) is 10.6. The fourth-order valence-electron chi connectivity index (χ4n) is 5.52. The lowest BCUT2D eigenvalue weighted by molar-refractivity contribution is 0.628. The molecule has 202 valence electrons. The molecule has 3 aromatic heterocycles. The minimum atomic E-state index is 0.644. The van der Waals surface area contributed by atoms with Crippen LogP contribution in [0.3, 0.4) is 0 Å². The molecule has 8 rings (SSSR count). The Morgan fingerprint density at radius 3 is 1.86 bits per heavy atom. The molecule has 0 saturated carbocycles. The van der Waals surface area contributed by atoms with Crippen molar-refractivity contribution in [1.29, 1.82) is 0 Å². The zero-order valence-corrected chi connectivity index (χ0v) is 23.2. The van der Waals surface area contributed by atoms with Crippen LogP contribution in [0.2, 0.25) is 0 Å². The van der Waals surface area contributed by atoms with Gasteiger partial charge in [-0.25, -0.2) is 9.97 Å². The molecule has 43 heavy (non-hydrogen) atoms. The summed E-state index contributed by atoms with van der Waals surface area (Å²) < 4.78 is 6.24. The second kappa shape index (κ2) is 10.5. The summed E-state index contributed by atoms with van der Waals surface area (Å²) in [6, 6.07) is 48.0. The van der Waals surface area contributed by atoms with E-state index in [0.29, 0.717) is 11.6 Å². The van der Waals surface area contributed by atoms with Gasteiger partial charge in [0.1, 0.15) is 11.3 Å². The first-order valence-corrected chi connectivity index (χ1v) is 14.3. The molecule has 8 aromatic rings. The third-order valence-corrected chi connectivity index (χ3v) is 7.79. The minimum absolute atomic E-state index is 0.644. The van der Waals surface area contributed by atoms with Crippen LogP contribution in [0.5, 0.6) is 0 Å². The van der Waals surface area contributed by atoms with Crippen LogP contribution in [-0.2, 0) is 0 Å². The number of aromatic nitrogens is 3. The molecule has 5 aromatic carbocycles. The monoisotopic (exact) mass is 551 g/mol. The van der Waals surface area contributed by atoms with E-state index in [2.05, 4.69) is 102 Å². The van der Waals surface area contributed by atoms with Gasteiger partial charge in [-0.3, -0.25) is 4.98 Å². The van der Waals surface area contributed by atoms with Gasteiger partial charge in [-0.2, -0.15) is 0 Å². The van der Waals surface area contributed by atoms with Crippen LogP contribution in [0.25, 0.3) is 78.1 Å². The highest BCUT2D eigenvalue weighted by atomic mass is 16.3. The van der Waals surface area contributed by atoms with Gasteiger partial charge in [0.2, 0.25) is 0 Å². The first-order valence-electron chi connectivity index (χ1n) is 14.3. The quantitative estimate of drug-likeness (QED) is 0.214. The lowest BCUT2D eigenvalue weighted by atomic mass is 9.99. The maximum atomic E-state index is 6.24. The molecule has 0 spiro atoms. The molecule has 3 heterocycles. The van der Waals surface area contributed by atoms with Crippen LogP contribution in [0.1, 0.15) is 0 Å². The van der Waals surface area contributed by atoms with Crippen LogP contribution < -0.4 is 0 Å². The minimum Gasteiger partial charge on any atom is -0.454 e. The van der Waals surface area contributed by atoms with Gasteiger partial charge >= 0.3 is 0 Å². The molecule has 0 aliphatic carbocycles. The Kier molecular flexibility index (Phi) is 6.08. The zero-order chi connectivity index (χ0) is 28.6. The average molecular weight is 552 g/mol. The van der Waals surface area contributed by atoms with Crippen molar-refractivity contribution in [2.45, 2.75) is 0 Å². The van der Waals surface area contributed by atoms with Crippen LogP contribution in [0, 0.1) is 0 Å². The topological polar surface area (TPSA) is 51.8 Å². The van der Waals surface area contributed by atoms with Gasteiger partial charge in [0.15, 0.2) is 11.6 Å². The van der Waals surface area contributed by atoms with Crippen molar-refractivity contribution < 1.29 is 4.42 Å². The largest absolute Gasteiger partial charge is 0.454 e. The van der Waals surface area contributed by atoms with Gasteiger partial charge in [0.25, 0.3) is 0 Å². The SMILES string of the molecule is c1ccc(-c2ccc3cc(-c4cc(-c5cc6ccccc6o5)nc(-c5ccc(-c6cccnc6)cc5)n4)ccc3c2)cc1. The smallest absolute Gasteiger partial charge is 0.160 e. The first-order chi connectivity index (χ1) is 21.3. The third kappa shape index (κ3) is 4.85. The van der Waals surface area contributed by atoms with E-state index in [9.17, 15) is 0 Å². The van der Waals surface area contributed by atoms with E-state index in [4.69, 9.17) is 14.4 Å². The van der Waals surface area contributed by atoms with Crippen molar-refractivity contribution >= 4 is 21.7 Å². The van der Waals surface area contributed by atoms with Crippen LogP contribution >= 0.6 is 0 Å². The molecular formula is C39H25N3O. The molecule has 0 amide bonds. The fourth-order valence-corrected chi connectivity index (χ4v) is 5.52. The van der Waals surface area contributed by atoms with E-state index in [1.165, 1.54) is 16.5 Å². The summed E-state index contributed by atoms with van der Waals surface area (Å²) in [5.74, 6) is 1.36. The molecule has 0 fully saturated rings. The predicted molar refractivity (Wildman–Crippen MR) is 174 cm³/mol. The number of pyridine rings is 1. The van der Waals surface area contributed by atoms with E-state index in [0.717, 1.165) is 50.0 Å². The van der Waals surface area contributed by atoms with E-state index in [1.807, 2.05) is 48.7 Å². The fraction of sp³-hybridized carbons (Fsp3) is 0. The van der Waals surface area contributed by atoms with Gasteiger partial charge < -0.3 is 4.42 Å². The van der Waals surface area contributed by atoms with Crippen LogP contribution in [-0.4, -0.2) is 15.0 Å². The molecule has 4 nitrogen and oxygen atoms in total. The molecule has 0 aliphatic heterocycles. The number of rotatable bonds is 5. The molecule has 0 bridgehead atoms. The molecule has 0 N–H and O–H groups in total. The maximum Gasteiger partial charge on any atom is 0.160 e. The summed E-state index contributed by atoms with van der Waals surface area (Å²) in [6.45, 7) is 0. The first kappa shape index (κ1) is 24.9. The second-order valence-corrected chi connectivity index (χ2v) is 10.6. The van der Waals surface area contributed by atoms with Gasteiger partial charge in [0.05, 0.1) is 5.69 Å². The Hall–Kier alpha value is -5.87. The van der Waals surface area contributed by atoms with Crippen molar-refractivity contribution in [2.24, 2.45) is 0 Å². The highest BCUT2D eigenvalue weighted by Gasteiger charge is 2.15. The number of fused-ring (bicyclic) bond motifs is 2. The lowest BCUT2D eigenvalue weighted by Gasteiger charge is -2.10. The highest BCUT2D eigenvalue weighted by molar-refractivity contribution is 5.91. The number of para-hydroxylation sites is 1. The Morgan fingerprint density at radius 1 is 0.419 bits per heavy atom. The maximum absolute atomic E-state index is 6.24. The van der Waals surface area contributed by atoms with Crippen molar-refractivity contribution in [2.75, 3.05) is 0 Å². The molecular weight excluding hydrogens is 526 g/mol. The van der Waals surface area contributed by atoms with Gasteiger partial charge in [-0.15, -0.1) is 0 Å². The van der Waals surface area contributed by atoms with Crippen molar-refractivity contribution in [3.8, 4) is 56.4 Å². The number of benzene rings is 5. The van der Waals surface area contributed by atoms with Gasteiger partial charge in [-0.05, 0) is 69.4 Å².